The Hall–Kier alpha value is -0.810. The van der Waals surface area contributed by atoms with Gasteiger partial charge in [0.25, 0.3) is 0 Å². The molecule has 1 aromatic rings. The van der Waals surface area contributed by atoms with Crippen molar-refractivity contribution in [2.75, 3.05) is 19.6 Å². The first-order valence-electron chi connectivity index (χ1n) is 7.03. The summed E-state index contributed by atoms with van der Waals surface area (Å²) in [7, 11) is 0. The largest absolute Gasteiger partial charge is 0.353 e. The Morgan fingerprint density at radius 1 is 1.33 bits per heavy atom. The maximum Gasteiger partial charge on any atom is 0.236 e. The van der Waals surface area contributed by atoms with Crippen LogP contribution in [-0.4, -0.2) is 36.5 Å². The zero-order chi connectivity index (χ0) is 15.1. The topological polar surface area (TPSA) is 58.4 Å². The van der Waals surface area contributed by atoms with E-state index in [4.69, 9.17) is 17.3 Å². The number of carbonyl (C=O) groups is 1. The van der Waals surface area contributed by atoms with Crippen LogP contribution in [-0.2, 0) is 4.79 Å². The molecule has 0 fully saturated rings. The van der Waals surface area contributed by atoms with E-state index in [0.717, 1.165) is 23.7 Å². The average molecular weight is 334 g/mol. The van der Waals surface area contributed by atoms with Gasteiger partial charge in [0.1, 0.15) is 0 Å². The molecule has 3 N–H and O–H groups in total. The average Bonchev–Trinajstić information content (AvgIpc) is 2.44. The lowest BCUT2D eigenvalue weighted by Crippen LogP contribution is -2.43. The van der Waals surface area contributed by atoms with Gasteiger partial charge in [-0.2, -0.15) is 0 Å². The lowest BCUT2D eigenvalue weighted by molar-refractivity contribution is -0.122. The summed E-state index contributed by atoms with van der Waals surface area (Å²) in [6, 6.07) is 7.31. The Bertz CT molecular complexity index is 437. The molecule has 0 heterocycles. The van der Waals surface area contributed by atoms with E-state index >= 15 is 0 Å². The zero-order valence-corrected chi connectivity index (χ0v) is 14.4. The summed E-state index contributed by atoms with van der Waals surface area (Å²) in [4.78, 5) is 13.9. The monoisotopic (exact) mass is 333 g/mol. The molecule has 21 heavy (non-hydrogen) atoms. The first-order valence-corrected chi connectivity index (χ1v) is 7.40. The molecule has 6 heteroatoms. The number of rotatable bonds is 7. The molecule has 0 saturated heterocycles. The highest BCUT2D eigenvalue weighted by molar-refractivity contribution is 6.31. The van der Waals surface area contributed by atoms with Gasteiger partial charge >= 0.3 is 0 Å². The van der Waals surface area contributed by atoms with E-state index in [0.29, 0.717) is 6.54 Å². The van der Waals surface area contributed by atoms with E-state index in [2.05, 4.69) is 24.1 Å². The molecule has 2 unspecified atom stereocenters. The predicted octanol–water partition coefficient (Wildman–Crippen LogP) is 2.61. The Morgan fingerprint density at radius 2 is 1.90 bits per heavy atom. The maximum absolute atomic E-state index is 11.7. The van der Waals surface area contributed by atoms with Crippen molar-refractivity contribution in [3.63, 3.8) is 0 Å². The number of hydrogen-bond donors (Lipinski definition) is 2. The van der Waals surface area contributed by atoms with Crippen LogP contribution >= 0.6 is 24.0 Å². The smallest absolute Gasteiger partial charge is 0.236 e. The van der Waals surface area contributed by atoms with Crippen LogP contribution in [0.2, 0.25) is 5.02 Å². The van der Waals surface area contributed by atoms with Gasteiger partial charge in [0.05, 0.1) is 12.1 Å². The number of benzene rings is 1. The number of nitrogens with two attached hydrogens (primary N) is 1. The van der Waals surface area contributed by atoms with Gasteiger partial charge in [0.15, 0.2) is 0 Å². The van der Waals surface area contributed by atoms with Gasteiger partial charge in [-0.05, 0) is 31.6 Å². The number of hydrogen-bond acceptors (Lipinski definition) is 3. The van der Waals surface area contributed by atoms with Crippen molar-refractivity contribution in [2.45, 2.75) is 32.9 Å². The van der Waals surface area contributed by atoms with Crippen LogP contribution in [0.25, 0.3) is 0 Å². The second-order valence-corrected chi connectivity index (χ2v) is 5.20. The second kappa shape index (κ2) is 10.0. The van der Waals surface area contributed by atoms with Crippen molar-refractivity contribution in [1.82, 2.24) is 10.2 Å². The normalized spacial score (nSPS) is 13.4. The van der Waals surface area contributed by atoms with E-state index in [1.807, 2.05) is 24.3 Å². The van der Waals surface area contributed by atoms with E-state index in [9.17, 15) is 4.79 Å². The molecule has 1 rings (SSSR count). The van der Waals surface area contributed by atoms with E-state index in [1.54, 1.807) is 6.92 Å². The summed E-state index contributed by atoms with van der Waals surface area (Å²) in [6.45, 7) is 8.16. The minimum absolute atomic E-state index is 0. The van der Waals surface area contributed by atoms with E-state index < -0.39 is 6.04 Å². The second-order valence-electron chi connectivity index (χ2n) is 4.79. The summed E-state index contributed by atoms with van der Waals surface area (Å²) in [5.74, 6) is -0.144. The number of nitrogens with one attached hydrogen (secondary N) is 1. The minimum atomic E-state index is -0.501. The first-order chi connectivity index (χ1) is 9.51. The molecule has 2 atom stereocenters. The molecular weight excluding hydrogens is 309 g/mol. The number of halogens is 2. The van der Waals surface area contributed by atoms with Gasteiger partial charge in [-0.25, -0.2) is 0 Å². The maximum atomic E-state index is 11.7. The quantitative estimate of drug-likeness (QED) is 0.806. The van der Waals surface area contributed by atoms with Gasteiger partial charge in [-0.3, -0.25) is 9.69 Å². The van der Waals surface area contributed by atoms with Gasteiger partial charge in [-0.1, -0.05) is 43.6 Å². The van der Waals surface area contributed by atoms with Crippen LogP contribution in [0, 0.1) is 0 Å². The number of carbonyl (C=O) groups excluding carboxylic acids is 1. The van der Waals surface area contributed by atoms with Crippen molar-refractivity contribution >= 4 is 29.9 Å². The van der Waals surface area contributed by atoms with E-state index in [-0.39, 0.29) is 24.4 Å². The molecule has 0 radical (unpaired) electrons. The van der Waals surface area contributed by atoms with Crippen LogP contribution in [0.5, 0.6) is 0 Å². The van der Waals surface area contributed by atoms with Gasteiger partial charge in [-0.15, -0.1) is 12.4 Å². The molecule has 1 amide bonds. The van der Waals surface area contributed by atoms with Crippen LogP contribution < -0.4 is 11.1 Å². The Balaban J connectivity index is 0.00000400. The lowest BCUT2D eigenvalue weighted by Gasteiger charge is -2.31. The first kappa shape index (κ1) is 20.2. The molecule has 0 spiro atoms. The number of nitrogens with zero attached hydrogens (tertiary/aromatic N) is 1. The molecule has 0 aliphatic heterocycles. The highest BCUT2D eigenvalue weighted by Gasteiger charge is 2.21. The van der Waals surface area contributed by atoms with Crippen molar-refractivity contribution in [1.29, 1.82) is 0 Å². The standard InChI is InChI=1S/C15H24ClN3O.ClH/c1-4-19(5-2)14(10-18-15(20)11(3)17)12-8-6-7-9-13(12)16;/h6-9,11,14H,4-5,10,17H2,1-3H3,(H,18,20);1H. The molecular formula is C15H25Cl2N3O. The molecule has 1 aromatic carbocycles. The van der Waals surface area contributed by atoms with Crippen molar-refractivity contribution < 1.29 is 4.79 Å². The Kier molecular flexibility index (Phi) is 9.62. The molecule has 0 saturated carbocycles. The highest BCUT2D eigenvalue weighted by atomic mass is 35.5. The number of amides is 1. The molecule has 0 aliphatic carbocycles. The fourth-order valence-electron chi connectivity index (χ4n) is 2.20. The van der Waals surface area contributed by atoms with Gasteiger partial charge < -0.3 is 11.1 Å². The minimum Gasteiger partial charge on any atom is -0.353 e. The molecule has 120 valence electrons. The van der Waals surface area contributed by atoms with Crippen molar-refractivity contribution in [3.05, 3.63) is 34.9 Å². The van der Waals surface area contributed by atoms with Crippen LogP contribution in [0.15, 0.2) is 24.3 Å². The number of likely N-dealkylation sites (N-methyl/N-ethyl adjacent to an activating group) is 1. The van der Waals surface area contributed by atoms with E-state index in [1.165, 1.54) is 0 Å². The molecule has 0 bridgehead atoms. The van der Waals surface area contributed by atoms with Gasteiger partial charge in [0, 0.05) is 11.6 Å². The zero-order valence-electron chi connectivity index (χ0n) is 12.8. The fourth-order valence-corrected chi connectivity index (χ4v) is 2.47. The fraction of sp³-hybridized carbons (Fsp3) is 0.533. The van der Waals surface area contributed by atoms with Crippen molar-refractivity contribution in [3.8, 4) is 0 Å². The predicted molar refractivity (Wildman–Crippen MR) is 91.0 cm³/mol. The molecule has 4 nitrogen and oxygen atoms in total. The summed E-state index contributed by atoms with van der Waals surface area (Å²) in [6.07, 6.45) is 0. The van der Waals surface area contributed by atoms with Crippen molar-refractivity contribution in [2.24, 2.45) is 5.73 Å². The summed E-state index contributed by atoms with van der Waals surface area (Å²) >= 11 is 6.29. The molecule has 0 aliphatic rings. The van der Waals surface area contributed by atoms with Gasteiger partial charge in [0.2, 0.25) is 5.91 Å². The highest BCUT2D eigenvalue weighted by Crippen LogP contribution is 2.26. The third-order valence-corrected chi connectivity index (χ3v) is 3.74. The Morgan fingerprint density at radius 3 is 2.38 bits per heavy atom. The van der Waals surface area contributed by atoms with Crippen LogP contribution in [0.1, 0.15) is 32.4 Å². The Labute approximate surface area is 138 Å². The third-order valence-electron chi connectivity index (χ3n) is 3.40. The lowest BCUT2D eigenvalue weighted by atomic mass is 10.0. The van der Waals surface area contributed by atoms with Crippen LogP contribution in [0.3, 0.4) is 0 Å². The van der Waals surface area contributed by atoms with Crippen LogP contribution in [0.4, 0.5) is 0 Å². The summed E-state index contributed by atoms with van der Waals surface area (Å²) in [5, 5.41) is 3.61. The molecule has 0 aromatic heterocycles. The summed E-state index contributed by atoms with van der Waals surface area (Å²) in [5.41, 5.74) is 6.61. The summed E-state index contributed by atoms with van der Waals surface area (Å²) < 4.78 is 0. The third kappa shape index (κ3) is 5.83. The SMILES string of the molecule is CCN(CC)C(CNC(=O)C(C)N)c1ccccc1Cl.Cl.